The van der Waals surface area contributed by atoms with Crippen LogP contribution in [0.4, 0.5) is 11.5 Å². The van der Waals surface area contributed by atoms with Crippen LogP contribution >= 0.6 is 0 Å². The molecule has 1 heterocycles. The van der Waals surface area contributed by atoms with Gasteiger partial charge in [-0.2, -0.15) is 0 Å². The van der Waals surface area contributed by atoms with E-state index in [4.69, 9.17) is 0 Å². The molecule has 0 aliphatic rings. The van der Waals surface area contributed by atoms with Crippen LogP contribution < -0.4 is 10.6 Å². The Morgan fingerprint density at radius 1 is 1.25 bits per heavy atom. The molecule has 8 heteroatoms. The largest absolute Gasteiger partial charge is 0.341 e. The Morgan fingerprint density at radius 2 is 2.00 bits per heavy atom. The van der Waals surface area contributed by atoms with Gasteiger partial charge >= 0.3 is 0 Å². The number of hydrogen-bond acceptors (Lipinski definition) is 5. The lowest BCUT2D eigenvalue weighted by Crippen LogP contribution is -2.41. The maximum absolute atomic E-state index is 12.1. The third-order valence-electron chi connectivity index (χ3n) is 3.22. The van der Waals surface area contributed by atoms with Crippen molar-refractivity contribution in [2.24, 2.45) is 0 Å². The normalized spacial score (nSPS) is 11.4. The predicted octanol–water partition coefficient (Wildman–Crippen LogP) is 2.06. The second kappa shape index (κ2) is 7.32. The summed E-state index contributed by atoms with van der Waals surface area (Å²) < 4.78 is 0. The van der Waals surface area contributed by atoms with Crippen LogP contribution in [0.25, 0.3) is 0 Å². The van der Waals surface area contributed by atoms with E-state index in [0.29, 0.717) is 5.82 Å². The van der Waals surface area contributed by atoms with Gasteiger partial charge in [-0.15, -0.1) is 0 Å². The minimum atomic E-state index is -0.833. The first-order chi connectivity index (χ1) is 11.4. The number of nitro benzene ring substituents is 1. The molecular weight excluding hydrogens is 312 g/mol. The van der Waals surface area contributed by atoms with E-state index in [1.807, 2.05) is 6.92 Å². The van der Waals surface area contributed by atoms with Crippen molar-refractivity contribution in [1.82, 2.24) is 10.3 Å². The van der Waals surface area contributed by atoms with E-state index in [0.717, 1.165) is 11.6 Å². The standard InChI is InChI=1S/C16H16N4O4/c1-10-6-7-14(17-9-10)19-15(21)11(2)18-16(22)12-4-3-5-13(8-12)20(23)24/h3-9,11H,1-2H3,(H,18,22)(H,17,19,21). The molecule has 8 nitrogen and oxygen atoms in total. The Kier molecular flexibility index (Phi) is 5.20. The van der Waals surface area contributed by atoms with Gasteiger partial charge in [0.15, 0.2) is 0 Å². The molecule has 2 N–H and O–H groups in total. The van der Waals surface area contributed by atoms with Gasteiger partial charge in [0.05, 0.1) is 4.92 Å². The van der Waals surface area contributed by atoms with Crippen molar-refractivity contribution in [2.45, 2.75) is 19.9 Å². The molecule has 0 bridgehead atoms. The first kappa shape index (κ1) is 17.1. The second-order valence-corrected chi connectivity index (χ2v) is 5.21. The highest BCUT2D eigenvalue weighted by atomic mass is 16.6. The van der Waals surface area contributed by atoms with Crippen LogP contribution in [0, 0.1) is 17.0 Å². The summed E-state index contributed by atoms with van der Waals surface area (Å²) in [6.07, 6.45) is 1.61. The van der Waals surface area contributed by atoms with Gasteiger partial charge in [0.1, 0.15) is 11.9 Å². The average molecular weight is 328 g/mol. The van der Waals surface area contributed by atoms with E-state index in [1.165, 1.54) is 25.1 Å². The molecule has 0 fully saturated rings. The molecule has 2 amide bonds. The first-order valence-corrected chi connectivity index (χ1v) is 7.15. The number of benzene rings is 1. The van der Waals surface area contributed by atoms with E-state index in [9.17, 15) is 19.7 Å². The number of carbonyl (C=O) groups is 2. The topological polar surface area (TPSA) is 114 Å². The summed E-state index contributed by atoms with van der Waals surface area (Å²) in [7, 11) is 0. The first-order valence-electron chi connectivity index (χ1n) is 7.15. The molecule has 1 aromatic heterocycles. The molecule has 0 spiro atoms. The molecule has 0 saturated heterocycles. The Labute approximate surface area is 138 Å². The Morgan fingerprint density at radius 3 is 2.62 bits per heavy atom. The van der Waals surface area contributed by atoms with Crippen LogP contribution in [0.5, 0.6) is 0 Å². The van der Waals surface area contributed by atoms with Gasteiger partial charge in [-0.1, -0.05) is 12.1 Å². The smallest absolute Gasteiger partial charge is 0.270 e. The van der Waals surface area contributed by atoms with Crippen LogP contribution in [0.2, 0.25) is 0 Å². The maximum atomic E-state index is 12.1. The summed E-state index contributed by atoms with van der Waals surface area (Å²) >= 11 is 0. The summed E-state index contributed by atoms with van der Waals surface area (Å²) in [5.74, 6) is -0.634. The number of rotatable bonds is 5. The Balaban J connectivity index is 2.00. The zero-order chi connectivity index (χ0) is 17.7. The maximum Gasteiger partial charge on any atom is 0.270 e. The van der Waals surface area contributed by atoms with E-state index in [2.05, 4.69) is 15.6 Å². The van der Waals surface area contributed by atoms with E-state index < -0.39 is 22.8 Å². The molecule has 0 radical (unpaired) electrons. The number of nitro groups is 1. The number of hydrogen-bond donors (Lipinski definition) is 2. The molecule has 0 saturated carbocycles. The lowest BCUT2D eigenvalue weighted by atomic mass is 10.1. The van der Waals surface area contributed by atoms with Gasteiger partial charge in [0, 0.05) is 23.9 Å². The second-order valence-electron chi connectivity index (χ2n) is 5.21. The van der Waals surface area contributed by atoms with E-state index in [1.54, 1.807) is 18.3 Å². The van der Waals surface area contributed by atoms with Gasteiger partial charge < -0.3 is 10.6 Å². The molecule has 2 rings (SSSR count). The van der Waals surface area contributed by atoms with Crippen molar-refractivity contribution in [2.75, 3.05) is 5.32 Å². The molecule has 0 aliphatic carbocycles. The number of aromatic nitrogens is 1. The fourth-order valence-electron chi connectivity index (χ4n) is 1.88. The van der Waals surface area contributed by atoms with Gasteiger partial charge in [0.2, 0.25) is 5.91 Å². The fraction of sp³-hybridized carbons (Fsp3) is 0.188. The quantitative estimate of drug-likeness (QED) is 0.644. The highest BCUT2D eigenvalue weighted by Gasteiger charge is 2.18. The summed E-state index contributed by atoms with van der Waals surface area (Å²) in [5, 5.41) is 15.8. The lowest BCUT2D eigenvalue weighted by Gasteiger charge is -2.13. The molecule has 24 heavy (non-hydrogen) atoms. The number of nitrogens with one attached hydrogen (secondary N) is 2. The molecule has 1 atom stereocenters. The number of carbonyl (C=O) groups excluding carboxylic acids is 2. The molecule has 0 aliphatic heterocycles. The van der Waals surface area contributed by atoms with Gasteiger partial charge in [-0.3, -0.25) is 19.7 Å². The summed E-state index contributed by atoms with van der Waals surface area (Å²) in [6, 6.07) is 7.91. The fourth-order valence-corrected chi connectivity index (χ4v) is 1.88. The van der Waals surface area contributed by atoms with Crippen LogP contribution in [-0.4, -0.2) is 27.8 Å². The minimum Gasteiger partial charge on any atom is -0.341 e. The monoisotopic (exact) mass is 328 g/mol. The predicted molar refractivity (Wildman–Crippen MR) is 87.6 cm³/mol. The summed E-state index contributed by atoms with van der Waals surface area (Å²) in [4.78, 5) is 38.4. The van der Waals surface area contributed by atoms with Crippen molar-refractivity contribution in [3.63, 3.8) is 0 Å². The minimum absolute atomic E-state index is 0.109. The van der Waals surface area contributed by atoms with Crippen molar-refractivity contribution in [3.8, 4) is 0 Å². The van der Waals surface area contributed by atoms with Crippen molar-refractivity contribution >= 4 is 23.3 Å². The van der Waals surface area contributed by atoms with Gasteiger partial charge in [-0.25, -0.2) is 4.98 Å². The average Bonchev–Trinajstić information content (AvgIpc) is 2.56. The van der Waals surface area contributed by atoms with Crippen LogP contribution in [-0.2, 0) is 4.79 Å². The number of pyridine rings is 1. The Hall–Kier alpha value is -3.29. The van der Waals surface area contributed by atoms with Gasteiger partial charge in [-0.05, 0) is 31.5 Å². The zero-order valence-electron chi connectivity index (χ0n) is 13.1. The number of amides is 2. The van der Waals surface area contributed by atoms with Gasteiger partial charge in [0.25, 0.3) is 11.6 Å². The molecular formula is C16H16N4O4. The van der Waals surface area contributed by atoms with Crippen LogP contribution in [0.3, 0.4) is 0 Å². The third kappa shape index (κ3) is 4.35. The summed E-state index contributed by atoms with van der Waals surface area (Å²) in [6.45, 7) is 3.39. The van der Waals surface area contributed by atoms with E-state index >= 15 is 0 Å². The number of non-ortho nitro benzene ring substituents is 1. The molecule has 124 valence electrons. The molecule has 2 aromatic rings. The number of anilines is 1. The number of aryl methyl sites for hydroxylation is 1. The Bertz CT molecular complexity index is 774. The van der Waals surface area contributed by atoms with Crippen molar-refractivity contribution < 1.29 is 14.5 Å². The highest BCUT2D eigenvalue weighted by molar-refractivity contribution is 6.00. The summed E-state index contributed by atoms with van der Waals surface area (Å²) in [5.41, 5.74) is 0.876. The van der Waals surface area contributed by atoms with Crippen molar-refractivity contribution in [3.05, 3.63) is 63.8 Å². The lowest BCUT2D eigenvalue weighted by molar-refractivity contribution is -0.384. The van der Waals surface area contributed by atoms with Crippen LogP contribution in [0.1, 0.15) is 22.8 Å². The highest BCUT2D eigenvalue weighted by Crippen LogP contribution is 2.13. The van der Waals surface area contributed by atoms with Crippen LogP contribution in [0.15, 0.2) is 42.6 Å². The molecule has 1 aromatic carbocycles. The molecule has 1 unspecified atom stereocenters. The SMILES string of the molecule is Cc1ccc(NC(=O)C(C)NC(=O)c2cccc([N+](=O)[O-])c2)nc1. The number of nitrogens with zero attached hydrogens (tertiary/aromatic N) is 2. The third-order valence-corrected chi connectivity index (χ3v) is 3.22. The van der Waals surface area contributed by atoms with Crippen molar-refractivity contribution in [1.29, 1.82) is 0 Å². The van der Waals surface area contributed by atoms with E-state index in [-0.39, 0.29) is 11.3 Å². The zero-order valence-corrected chi connectivity index (χ0v) is 13.1.